The molecule has 3 amide bonds. The average molecular weight is 1790 g/mol. The van der Waals surface area contributed by atoms with Crippen LogP contribution in [-0.4, -0.2) is 302 Å². The van der Waals surface area contributed by atoms with E-state index in [0.29, 0.717) is 6.61 Å². The monoisotopic (exact) mass is 1780 g/mol. The van der Waals surface area contributed by atoms with E-state index in [0.717, 1.165) is 78.3 Å². The van der Waals surface area contributed by atoms with Gasteiger partial charge in [-0.15, -0.1) is 0 Å². The number of halogens is 2. The van der Waals surface area contributed by atoms with Crippen molar-refractivity contribution in [3.63, 3.8) is 0 Å². The molecule has 0 saturated carbocycles. The fraction of sp³-hybridized carbons (Fsp3) is 0.577. The van der Waals surface area contributed by atoms with Gasteiger partial charge in [-0.1, -0.05) is 98.4 Å². The second kappa shape index (κ2) is 59.4. The van der Waals surface area contributed by atoms with E-state index in [-0.39, 0.29) is 70.0 Å². The maximum absolute atomic E-state index is 12.6. The number of nitrogens with one attached hydrogen (secondary N) is 4. The molecule has 0 aliphatic carbocycles. The molecule has 0 radical (unpaired) electrons. The van der Waals surface area contributed by atoms with Gasteiger partial charge in [0.25, 0.3) is 10.1 Å². The van der Waals surface area contributed by atoms with Crippen molar-refractivity contribution >= 4 is 104 Å². The van der Waals surface area contributed by atoms with Crippen molar-refractivity contribution in [1.82, 2.24) is 20.8 Å². The molecule has 12 N–H and O–H groups in total. The van der Waals surface area contributed by atoms with Crippen LogP contribution in [0.25, 0.3) is 16.0 Å². The third-order valence-corrected chi connectivity index (χ3v) is 16.2. The molecule has 4 fully saturated rings. The van der Waals surface area contributed by atoms with Crippen LogP contribution in [0.15, 0.2) is 91.0 Å². The van der Waals surface area contributed by atoms with Crippen molar-refractivity contribution in [1.29, 1.82) is 0 Å². The number of hydrogen-bond acceptors (Lipinski definition) is 39. The number of hydrogen-bond donors (Lipinski definition) is 12. The van der Waals surface area contributed by atoms with Gasteiger partial charge in [-0.3, -0.25) is 66.6 Å². The standard InChI is InChI=1S/C23H29NO11.C17H25NO13S.C15H21NO7.C9H9ClO2.C6H12ClNO5.CH4.N3.Na/c1-13(25)31-11-18-21(32-14(2)26)22(33-15(3)27)20(23(35-18)34-16(4)28)24-19(29)12-30-10-17-8-6-5-7-9-17;1-8(19)26-6-12-15(28-9(2)20)16(29-10(3)21)14(17(31-12)30-11(4)22)18-13(23)7-27-32(5,24)25;17-6-10-13(19)14(20)12(15(21)23-10)16-11(18)8-22-7-9-4-2-1-3-5-9;10-9(11)7-12-6-8-4-2-1-3-5-8;7-8-3-5(11)4(10)2(1-9)13-6(3)12;;1-3-2;/h5-9,18,20-23H,10-12H2,1-4H3,(H,24,29);12,14-17H,6-7H2,1-5H3,(H,18,23);1-5,10,12-15,17,19-21H,6-8H2,(H,16,18);1-5H,6-7H2;2-6,8-12H,1H2;1H4;;/q;;;;;;-1;+1/t18?,20?,21-,22-,23?;12?,14?,15-,16-,17?;10?,12?,13-,14-,15?;;2?,3?,4-,5-,6?;;;/m111.1.../s1. The van der Waals surface area contributed by atoms with E-state index < -0.39 is 236 Å². The van der Waals surface area contributed by atoms with Gasteiger partial charge in [0, 0.05) is 55.4 Å². The van der Waals surface area contributed by atoms with Gasteiger partial charge in [0.2, 0.25) is 35.5 Å². The van der Waals surface area contributed by atoms with E-state index in [1.807, 2.05) is 91.0 Å². The van der Waals surface area contributed by atoms with Crippen LogP contribution in [0.5, 0.6) is 0 Å². The summed E-state index contributed by atoms with van der Waals surface area (Å²) in [4.78, 5) is 143. The molecule has 4 aliphatic heterocycles. The Bertz CT molecular complexity index is 3800. The zero-order valence-electron chi connectivity index (χ0n) is 65.8. The molecule has 0 bridgehead atoms. The molecule has 7 rings (SSSR count). The van der Waals surface area contributed by atoms with Crippen molar-refractivity contribution < 1.29 is 212 Å². The molecule has 49 heteroatoms. The van der Waals surface area contributed by atoms with Crippen LogP contribution in [0.3, 0.4) is 0 Å². The van der Waals surface area contributed by atoms with Crippen LogP contribution in [0, 0.1) is 0 Å². The number of esters is 8. The summed E-state index contributed by atoms with van der Waals surface area (Å²) >= 11 is 10.3. The number of nitrogens with zero attached hydrogens (tertiary/aromatic N) is 3. The normalized spacial score (nSPS) is 25.6. The van der Waals surface area contributed by atoms with Crippen molar-refractivity contribution in [3.8, 4) is 0 Å². The van der Waals surface area contributed by atoms with Gasteiger partial charge in [0.1, 0.15) is 113 Å². The topological polar surface area (TPSA) is 655 Å². The molecular weight excluding hydrogens is 1680 g/mol. The van der Waals surface area contributed by atoms with Gasteiger partial charge in [0.05, 0.1) is 39.3 Å². The van der Waals surface area contributed by atoms with Crippen molar-refractivity contribution in [2.24, 2.45) is 0 Å². The Balaban J connectivity index is 0.00000153. The Morgan fingerprint density at radius 2 is 0.717 bits per heavy atom. The van der Waals surface area contributed by atoms with Gasteiger partial charge < -0.3 is 139 Å². The van der Waals surface area contributed by atoms with Crippen molar-refractivity contribution in [2.75, 3.05) is 59.1 Å². The van der Waals surface area contributed by atoms with Gasteiger partial charge in [-0.05, 0) is 40.1 Å². The summed E-state index contributed by atoms with van der Waals surface area (Å²) in [5.74, 6) is -8.33. The number of aliphatic hydroxyl groups is 8. The van der Waals surface area contributed by atoms with Crippen LogP contribution in [0.1, 0.15) is 79.5 Å². The number of carbonyl (C=O) groups excluding carboxylic acids is 12. The van der Waals surface area contributed by atoms with Gasteiger partial charge in [0.15, 0.2) is 37.0 Å². The van der Waals surface area contributed by atoms with E-state index in [2.05, 4.69) is 25.0 Å². The predicted molar refractivity (Wildman–Crippen MR) is 402 cm³/mol. The molecule has 4 heterocycles. The third kappa shape index (κ3) is 43.9. The van der Waals surface area contributed by atoms with E-state index in [4.69, 9.17) is 116 Å². The Hall–Kier alpha value is -8.34. The van der Waals surface area contributed by atoms with Crippen LogP contribution >= 0.6 is 23.4 Å². The largest absolute Gasteiger partial charge is 1.00 e. The summed E-state index contributed by atoms with van der Waals surface area (Å²) in [7, 11) is -3.96. The van der Waals surface area contributed by atoms with Gasteiger partial charge >= 0.3 is 77.3 Å². The number of amides is 3. The van der Waals surface area contributed by atoms with Gasteiger partial charge in [-0.25, -0.2) is 4.84 Å². The molecule has 4 saturated heterocycles. The molecule has 20 atom stereocenters. The molecule has 0 spiro atoms. The zero-order valence-corrected chi connectivity index (χ0v) is 70.1. The molecule has 668 valence electrons. The number of rotatable bonds is 31. The molecule has 45 nitrogen and oxygen atoms in total. The average Bonchev–Trinajstić information content (AvgIpc) is 0.789. The zero-order chi connectivity index (χ0) is 88.9. The Morgan fingerprint density at radius 1 is 0.425 bits per heavy atom. The quantitative estimate of drug-likeness (QED) is 0.00329. The first kappa shape index (κ1) is 112. The molecule has 4 aliphatic rings. The smallest absolute Gasteiger partial charge is 0.463 e. The number of ether oxygens (including phenoxy) is 15. The minimum Gasteiger partial charge on any atom is -0.463 e. The SMILES string of the molecule is C.CC(=O)OCC1OC(OC(C)=O)C(NC(=O)COCc2ccccc2)[C@@H](OC(C)=O)[C@@H]1OC(C)=O.CC(=O)OCC1OC(OC(C)=O)C(NC(=O)COS(C)(=O)=O)[C@@H](OC(C)=O)[C@@H]1OC(C)=O.O=C(COCc1ccccc1)NC1C(O)OC(CO)[C@@H](O)[C@@H]1O.O=C(Cl)COCc1ccccc1.OCC1OC(O)C(NCl)[C@@H](O)[C@@H]1O.[N-]=[N+]=[N-].[Na+]. The first-order chi connectivity index (χ1) is 55.6. The fourth-order valence-corrected chi connectivity index (χ4v) is 11.1. The second-order valence-corrected chi connectivity index (χ2v) is 27.2. The summed E-state index contributed by atoms with van der Waals surface area (Å²) in [6.07, 6.45) is -20.7. The van der Waals surface area contributed by atoms with Crippen LogP contribution < -0.4 is 50.3 Å². The van der Waals surface area contributed by atoms with Crippen LogP contribution in [-0.2, 0) is 163 Å². The fourth-order valence-electron chi connectivity index (χ4n) is 10.4. The Labute approximate surface area is 720 Å². The van der Waals surface area contributed by atoms with Crippen LogP contribution in [0.2, 0.25) is 0 Å². The second-order valence-electron chi connectivity index (χ2n) is 24.9. The molecule has 3 aromatic rings. The first-order valence-corrected chi connectivity index (χ1v) is 37.5. The summed E-state index contributed by atoms with van der Waals surface area (Å²) in [5.41, 5.74) is 16.3. The molecule has 3 aromatic carbocycles. The third-order valence-electron chi connectivity index (χ3n) is 15.3. The van der Waals surface area contributed by atoms with E-state index in [1.165, 1.54) is 4.91 Å². The molecule has 0 aromatic heterocycles. The van der Waals surface area contributed by atoms with E-state index >= 15 is 0 Å². The maximum atomic E-state index is 12.6. The summed E-state index contributed by atoms with van der Waals surface area (Å²) in [6, 6.07) is 23.2. The van der Waals surface area contributed by atoms with E-state index in [9.17, 15) is 96.6 Å². The molecular formula is C71H100Cl2N7NaO38S. The number of aliphatic hydroxyl groups excluding tert-OH is 8. The first-order valence-electron chi connectivity index (χ1n) is 34.9. The summed E-state index contributed by atoms with van der Waals surface area (Å²) in [5, 5.41) is 81.7. The minimum absolute atomic E-state index is 0. The molecule has 12 unspecified atom stereocenters. The van der Waals surface area contributed by atoms with Gasteiger partial charge in [-0.2, -0.15) is 8.42 Å². The van der Waals surface area contributed by atoms with Crippen molar-refractivity contribution in [3.05, 3.63) is 124 Å². The summed E-state index contributed by atoms with van der Waals surface area (Å²) in [6.45, 7) is 6.06. The van der Waals surface area contributed by atoms with E-state index in [1.54, 1.807) is 0 Å². The predicted octanol–water partition coefficient (Wildman–Crippen LogP) is -5.31. The summed E-state index contributed by atoms with van der Waals surface area (Å²) < 4.78 is 104. The Morgan fingerprint density at radius 3 is 1.01 bits per heavy atom. The van der Waals surface area contributed by atoms with Crippen LogP contribution in [0.4, 0.5) is 0 Å². The number of carbonyl (C=O) groups is 12. The minimum atomic E-state index is -3.96. The Kier molecular flexibility index (Phi) is 55.3. The number of benzene rings is 3. The molecule has 120 heavy (non-hydrogen) atoms. The van der Waals surface area contributed by atoms with Crippen molar-refractivity contribution in [2.45, 2.75) is 205 Å². The maximum Gasteiger partial charge on any atom is 1.00 e.